The van der Waals surface area contributed by atoms with Crippen LogP contribution < -0.4 is 10.1 Å². The van der Waals surface area contributed by atoms with E-state index in [1.165, 1.54) is 6.20 Å². The zero-order valence-electron chi connectivity index (χ0n) is 13.9. The Morgan fingerprint density at radius 1 is 1.12 bits per heavy atom. The van der Waals surface area contributed by atoms with Crippen LogP contribution in [0.3, 0.4) is 0 Å². The van der Waals surface area contributed by atoms with Gasteiger partial charge in [0.05, 0.1) is 10.6 Å². The van der Waals surface area contributed by atoms with Gasteiger partial charge in [0.2, 0.25) is 5.88 Å². The van der Waals surface area contributed by atoms with Crippen LogP contribution >= 0.6 is 23.2 Å². The van der Waals surface area contributed by atoms with Gasteiger partial charge in [-0.1, -0.05) is 35.7 Å². The highest BCUT2D eigenvalue weighted by atomic mass is 35.5. The third-order valence-corrected chi connectivity index (χ3v) is 4.28. The van der Waals surface area contributed by atoms with Crippen LogP contribution in [0.25, 0.3) is 0 Å². The summed E-state index contributed by atoms with van der Waals surface area (Å²) in [5.74, 6) is -0.380. The SMILES string of the molecule is O=C(O)CCCCCNC(=O)c1ccc(Oc2cccc(Cl)c2Cl)nc1. The predicted molar refractivity (Wildman–Crippen MR) is 99.2 cm³/mol. The van der Waals surface area contributed by atoms with Gasteiger partial charge in [-0.05, 0) is 31.0 Å². The van der Waals surface area contributed by atoms with E-state index in [9.17, 15) is 9.59 Å². The lowest BCUT2D eigenvalue weighted by Gasteiger charge is -2.08. The number of nitrogens with one attached hydrogen (secondary N) is 1. The number of unbranched alkanes of at least 4 members (excludes halogenated alkanes) is 2. The molecule has 138 valence electrons. The summed E-state index contributed by atoms with van der Waals surface area (Å²) < 4.78 is 5.56. The fraction of sp³-hybridized carbons (Fsp3) is 0.278. The van der Waals surface area contributed by atoms with Gasteiger partial charge >= 0.3 is 5.97 Å². The molecule has 2 aromatic rings. The average Bonchev–Trinajstić information content (AvgIpc) is 2.62. The number of carboxylic acids is 1. The van der Waals surface area contributed by atoms with E-state index in [0.29, 0.717) is 40.2 Å². The number of rotatable bonds is 9. The molecule has 0 saturated heterocycles. The van der Waals surface area contributed by atoms with E-state index in [2.05, 4.69) is 10.3 Å². The second-order valence-electron chi connectivity index (χ2n) is 5.50. The second kappa shape index (κ2) is 9.99. The van der Waals surface area contributed by atoms with Gasteiger partial charge in [0.1, 0.15) is 10.8 Å². The van der Waals surface area contributed by atoms with Gasteiger partial charge in [-0.3, -0.25) is 9.59 Å². The van der Waals surface area contributed by atoms with E-state index < -0.39 is 5.97 Å². The van der Waals surface area contributed by atoms with E-state index in [-0.39, 0.29) is 12.3 Å². The standard InChI is InChI=1S/C18H18Cl2N2O4/c19-13-5-4-6-14(17(13)20)26-15-9-8-12(11-22-15)18(25)21-10-3-1-2-7-16(23)24/h4-6,8-9,11H,1-3,7,10H2,(H,21,25)(H,23,24). The maximum atomic E-state index is 12.0. The summed E-state index contributed by atoms with van der Waals surface area (Å²) in [6, 6.07) is 8.20. The summed E-state index contributed by atoms with van der Waals surface area (Å²) in [7, 11) is 0. The molecule has 0 radical (unpaired) electrons. The molecule has 0 atom stereocenters. The Morgan fingerprint density at radius 3 is 2.62 bits per heavy atom. The fourth-order valence-corrected chi connectivity index (χ4v) is 2.46. The van der Waals surface area contributed by atoms with E-state index in [4.69, 9.17) is 33.0 Å². The third-order valence-electron chi connectivity index (χ3n) is 3.48. The smallest absolute Gasteiger partial charge is 0.303 e. The van der Waals surface area contributed by atoms with Crippen molar-refractivity contribution in [2.75, 3.05) is 6.54 Å². The largest absolute Gasteiger partial charge is 0.481 e. The zero-order valence-corrected chi connectivity index (χ0v) is 15.4. The van der Waals surface area contributed by atoms with Gasteiger partial charge in [0.25, 0.3) is 5.91 Å². The Morgan fingerprint density at radius 2 is 1.92 bits per heavy atom. The monoisotopic (exact) mass is 396 g/mol. The Labute approximate surface area is 161 Å². The minimum Gasteiger partial charge on any atom is -0.481 e. The lowest BCUT2D eigenvalue weighted by molar-refractivity contribution is -0.137. The van der Waals surface area contributed by atoms with Gasteiger partial charge in [0, 0.05) is 25.2 Å². The molecule has 1 aromatic carbocycles. The minimum absolute atomic E-state index is 0.149. The zero-order chi connectivity index (χ0) is 18.9. The molecule has 2 N–H and O–H groups in total. The molecule has 0 aliphatic heterocycles. The third kappa shape index (κ3) is 6.20. The van der Waals surface area contributed by atoms with Crippen LogP contribution in [0.1, 0.15) is 36.0 Å². The number of amides is 1. The van der Waals surface area contributed by atoms with Gasteiger partial charge in [-0.15, -0.1) is 0 Å². The molecule has 0 unspecified atom stereocenters. The van der Waals surface area contributed by atoms with Crippen molar-refractivity contribution in [3.8, 4) is 11.6 Å². The van der Waals surface area contributed by atoms with E-state index in [1.54, 1.807) is 30.3 Å². The topological polar surface area (TPSA) is 88.5 Å². The summed E-state index contributed by atoms with van der Waals surface area (Å²) in [4.78, 5) is 26.5. The molecular formula is C18H18Cl2N2O4. The molecule has 6 nitrogen and oxygen atoms in total. The van der Waals surface area contributed by atoms with Gasteiger partial charge in [0.15, 0.2) is 0 Å². The van der Waals surface area contributed by atoms with Crippen molar-refractivity contribution in [2.45, 2.75) is 25.7 Å². The minimum atomic E-state index is -0.804. The number of carbonyl (C=O) groups excluding carboxylic acids is 1. The predicted octanol–water partition coefficient (Wildman–Crippen LogP) is 4.56. The normalized spacial score (nSPS) is 10.4. The van der Waals surface area contributed by atoms with Crippen molar-refractivity contribution in [1.29, 1.82) is 0 Å². The average molecular weight is 397 g/mol. The molecule has 2 rings (SSSR count). The van der Waals surface area contributed by atoms with E-state index in [1.807, 2.05) is 0 Å². The van der Waals surface area contributed by atoms with Gasteiger partial charge in [-0.2, -0.15) is 0 Å². The van der Waals surface area contributed by atoms with Crippen LogP contribution in [-0.2, 0) is 4.79 Å². The molecular weight excluding hydrogens is 379 g/mol. The maximum absolute atomic E-state index is 12.0. The van der Waals surface area contributed by atoms with Crippen molar-refractivity contribution in [1.82, 2.24) is 10.3 Å². The lowest BCUT2D eigenvalue weighted by Crippen LogP contribution is -2.24. The van der Waals surface area contributed by atoms with Crippen LogP contribution in [0.4, 0.5) is 0 Å². The summed E-state index contributed by atoms with van der Waals surface area (Å²) >= 11 is 12.0. The highest BCUT2D eigenvalue weighted by molar-refractivity contribution is 6.42. The van der Waals surface area contributed by atoms with E-state index >= 15 is 0 Å². The van der Waals surface area contributed by atoms with Crippen LogP contribution in [0.5, 0.6) is 11.6 Å². The van der Waals surface area contributed by atoms with Crippen LogP contribution in [-0.4, -0.2) is 28.5 Å². The number of carboxylic acid groups (broad SMARTS) is 1. The number of aromatic nitrogens is 1. The number of pyridine rings is 1. The number of carbonyl (C=O) groups is 2. The van der Waals surface area contributed by atoms with Crippen molar-refractivity contribution in [3.05, 3.63) is 52.1 Å². The molecule has 0 saturated carbocycles. The van der Waals surface area contributed by atoms with Crippen LogP contribution in [0.15, 0.2) is 36.5 Å². The number of aliphatic carboxylic acids is 1. The second-order valence-corrected chi connectivity index (χ2v) is 6.28. The highest BCUT2D eigenvalue weighted by Crippen LogP contribution is 2.33. The Bertz CT molecular complexity index is 766. The number of hydrogen-bond donors (Lipinski definition) is 2. The first-order valence-electron chi connectivity index (χ1n) is 8.05. The first-order chi connectivity index (χ1) is 12.5. The quantitative estimate of drug-likeness (QED) is 0.606. The van der Waals surface area contributed by atoms with Crippen molar-refractivity contribution in [3.63, 3.8) is 0 Å². The molecule has 0 aliphatic carbocycles. The number of benzene rings is 1. The van der Waals surface area contributed by atoms with Gasteiger partial charge < -0.3 is 15.2 Å². The molecule has 1 amide bonds. The fourth-order valence-electron chi connectivity index (χ4n) is 2.13. The first-order valence-corrected chi connectivity index (χ1v) is 8.81. The van der Waals surface area contributed by atoms with Crippen molar-refractivity contribution < 1.29 is 19.4 Å². The molecule has 0 aliphatic rings. The van der Waals surface area contributed by atoms with Crippen molar-refractivity contribution >= 4 is 35.1 Å². The summed E-state index contributed by atoms with van der Waals surface area (Å²) in [6.07, 6.45) is 3.63. The molecule has 26 heavy (non-hydrogen) atoms. The molecule has 8 heteroatoms. The highest BCUT2D eigenvalue weighted by Gasteiger charge is 2.09. The summed E-state index contributed by atoms with van der Waals surface area (Å²) in [5.41, 5.74) is 0.403. The van der Waals surface area contributed by atoms with Crippen LogP contribution in [0, 0.1) is 0 Å². The summed E-state index contributed by atoms with van der Waals surface area (Å²) in [5, 5.41) is 12.0. The Hall–Kier alpha value is -2.31. The first kappa shape index (κ1) is 20.0. The number of hydrogen-bond acceptors (Lipinski definition) is 4. The number of halogens is 2. The van der Waals surface area contributed by atoms with E-state index in [0.717, 1.165) is 12.8 Å². The summed E-state index contributed by atoms with van der Waals surface area (Å²) in [6.45, 7) is 0.481. The van der Waals surface area contributed by atoms with Crippen molar-refractivity contribution in [2.24, 2.45) is 0 Å². The Balaban J connectivity index is 1.82. The maximum Gasteiger partial charge on any atom is 0.303 e. The number of ether oxygens (including phenoxy) is 1. The molecule has 0 spiro atoms. The molecule has 0 fully saturated rings. The molecule has 1 aromatic heterocycles. The van der Waals surface area contributed by atoms with Gasteiger partial charge in [-0.25, -0.2) is 4.98 Å². The number of nitrogens with zero attached hydrogens (tertiary/aromatic N) is 1. The Kier molecular flexibility index (Phi) is 7.69. The molecule has 0 bridgehead atoms. The molecule has 1 heterocycles. The lowest BCUT2D eigenvalue weighted by atomic mass is 10.2. The van der Waals surface area contributed by atoms with Crippen LogP contribution in [0.2, 0.25) is 10.0 Å².